The molecule has 1 unspecified atom stereocenters. The van der Waals surface area contributed by atoms with Crippen molar-refractivity contribution in [3.05, 3.63) is 0 Å². The Labute approximate surface area is 63.1 Å². The van der Waals surface area contributed by atoms with Crippen molar-refractivity contribution in [1.29, 1.82) is 0 Å². The van der Waals surface area contributed by atoms with Crippen molar-refractivity contribution in [3.8, 4) is 0 Å². The van der Waals surface area contributed by atoms with E-state index >= 15 is 0 Å². The summed E-state index contributed by atoms with van der Waals surface area (Å²) in [5.74, 6) is 0.568. The van der Waals surface area contributed by atoms with Gasteiger partial charge < -0.3 is 10.5 Å². The monoisotopic (exact) mass is 146 g/mol. The predicted molar refractivity (Wildman–Crippen MR) is 42.7 cm³/mol. The first-order valence-corrected chi connectivity index (χ1v) is 3.58. The Morgan fingerprint density at radius 2 is 2.20 bits per heavy atom. The number of hydrogen-bond acceptors (Lipinski definition) is 3. The van der Waals surface area contributed by atoms with E-state index < -0.39 is 0 Å². The third kappa shape index (κ3) is 4.73. The highest BCUT2D eigenvalue weighted by molar-refractivity contribution is 4.55. The highest BCUT2D eigenvalue weighted by Gasteiger charge is 2.03. The van der Waals surface area contributed by atoms with Crippen molar-refractivity contribution in [1.82, 2.24) is 4.90 Å². The molecule has 0 aromatic carbocycles. The lowest BCUT2D eigenvalue weighted by Gasteiger charge is -2.18. The van der Waals surface area contributed by atoms with E-state index in [1.165, 1.54) is 0 Å². The summed E-state index contributed by atoms with van der Waals surface area (Å²) in [7, 11) is 3.73. The number of ether oxygens (including phenoxy) is 1. The molecule has 10 heavy (non-hydrogen) atoms. The Hall–Kier alpha value is -0.120. The lowest BCUT2D eigenvalue weighted by atomic mass is 10.2. The van der Waals surface area contributed by atoms with Gasteiger partial charge in [-0.15, -0.1) is 0 Å². The lowest BCUT2D eigenvalue weighted by Crippen LogP contribution is -2.31. The summed E-state index contributed by atoms with van der Waals surface area (Å²) in [5.41, 5.74) is 5.40. The highest BCUT2D eigenvalue weighted by Crippen LogP contribution is 1.96. The van der Waals surface area contributed by atoms with Crippen LogP contribution in [0.3, 0.4) is 0 Å². The molecule has 0 bridgehead atoms. The van der Waals surface area contributed by atoms with Gasteiger partial charge in [0.25, 0.3) is 0 Å². The molecule has 0 rings (SSSR count). The van der Waals surface area contributed by atoms with Crippen LogP contribution in [0.5, 0.6) is 0 Å². The zero-order valence-electron chi connectivity index (χ0n) is 7.13. The van der Waals surface area contributed by atoms with Crippen LogP contribution in [0, 0.1) is 5.92 Å². The van der Waals surface area contributed by atoms with Gasteiger partial charge in [-0.1, -0.05) is 6.92 Å². The minimum atomic E-state index is 0.568. The fourth-order valence-corrected chi connectivity index (χ4v) is 0.944. The first-order valence-electron chi connectivity index (χ1n) is 3.58. The van der Waals surface area contributed by atoms with E-state index in [0.29, 0.717) is 12.6 Å². The van der Waals surface area contributed by atoms with Gasteiger partial charge in [0.2, 0.25) is 0 Å². The second-order valence-corrected chi connectivity index (χ2v) is 2.78. The van der Waals surface area contributed by atoms with Gasteiger partial charge in [0.15, 0.2) is 0 Å². The van der Waals surface area contributed by atoms with Crippen molar-refractivity contribution in [2.75, 3.05) is 34.0 Å². The molecule has 0 radical (unpaired) electrons. The molecule has 0 aliphatic heterocycles. The molecule has 0 amide bonds. The molecule has 0 aromatic heterocycles. The topological polar surface area (TPSA) is 38.5 Å². The molecular weight excluding hydrogens is 128 g/mol. The van der Waals surface area contributed by atoms with Crippen LogP contribution in [0.25, 0.3) is 0 Å². The van der Waals surface area contributed by atoms with Gasteiger partial charge in [0.1, 0.15) is 0 Å². The van der Waals surface area contributed by atoms with E-state index in [1.54, 1.807) is 7.11 Å². The summed E-state index contributed by atoms with van der Waals surface area (Å²) >= 11 is 0. The van der Waals surface area contributed by atoms with Crippen LogP contribution in [0.1, 0.15) is 6.92 Å². The van der Waals surface area contributed by atoms with Crippen LogP contribution in [-0.4, -0.2) is 38.9 Å². The van der Waals surface area contributed by atoms with Gasteiger partial charge in [0.05, 0.1) is 0 Å². The normalized spacial score (nSPS) is 14.1. The van der Waals surface area contributed by atoms with Crippen molar-refractivity contribution >= 4 is 0 Å². The minimum Gasteiger partial charge on any atom is -0.384 e. The van der Waals surface area contributed by atoms with Crippen molar-refractivity contribution in [3.63, 3.8) is 0 Å². The predicted octanol–water partition coefficient (Wildman–Crippen LogP) is 0.117. The lowest BCUT2D eigenvalue weighted by molar-refractivity contribution is 0.138. The fourth-order valence-electron chi connectivity index (χ4n) is 0.944. The van der Waals surface area contributed by atoms with E-state index in [1.807, 2.05) is 7.05 Å². The molecule has 1 atom stereocenters. The van der Waals surface area contributed by atoms with Crippen LogP contribution in [0.2, 0.25) is 0 Å². The van der Waals surface area contributed by atoms with Gasteiger partial charge >= 0.3 is 0 Å². The Kier molecular flexibility index (Phi) is 5.58. The first kappa shape index (κ1) is 9.88. The maximum atomic E-state index is 5.40. The van der Waals surface area contributed by atoms with Crippen molar-refractivity contribution in [2.24, 2.45) is 11.7 Å². The van der Waals surface area contributed by atoms with Gasteiger partial charge in [-0.3, -0.25) is 4.90 Å². The van der Waals surface area contributed by atoms with Crippen molar-refractivity contribution < 1.29 is 4.74 Å². The zero-order valence-corrected chi connectivity index (χ0v) is 7.13. The summed E-state index contributed by atoms with van der Waals surface area (Å²) in [5, 5.41) is 0. The average Bonchev–Trinajstić information content (AvgIpc) is 1.88. The molecular formula is C7H18N2O. The minimum absolute atomic E-state index is 0.568. The summed E-state index contributed by atoms with van der Waals surface area (Å²) < 4.78 is 4.98. The molecule has 0 saturated carbocycles. The van der Waals surface area contributed by atoms with Crippen molar-refractivity contribution in [2.45, 2.75) is 6.92 Å². The molecule has 0 spiro atoms. The maximum Gasteiger partial charge on any atom is 0.0500 e. The zero-order chi connectivity index (χ0) is 7.98. The molecule has 3 heteroatoms. The second kappa shape index (κ2) is 5.65. The standard InChI is InChI=1S/C7H18N2O/c1-7(5-10-3)4-9(2)6-8/h7H,4-6,8H2,1-3H3. The molecule has 3 nitrogen and oxygen atoms in total. The SMILES string of the molecule is COCC(C)CN(C)CN. The Morgan fingerprint density at radius 3 is 2.60 bits per heavy atom. The molecule has 0 aromatic rings. The molecule has 0 fully saturated rings. The van der Waals surface area contributed by atoms with E-state index in [9.17, 15) is 0 Å². The highest BCUT2D eigenvalue weighted by atomic mass is 16.5. The number of hydrogen-bond donors (Lipinski definition) is 1. The van der Waals surface area contributed by atoms with Gasteiger partial charge in [0, 0.05) is 26.9 Å². The van der Waals surface area contributed by atoms with Crippen LogP contribution < -0.4 is 5.73 Å². The van der Waals surface area contributed by atoms with Gasteiger partial charge in [-0.05, 0) is 13.0 Å². The number of rotatable bonds is 5. The molecule has 0 aliphatic carbocycles. The summed E-state index contributed by atoms with van der Waals surface area (Å²) in [6.45, 7) is 4.58. The van der Waals surface area contributed by atoms with Crippen LogP contribution in [0.4, 0.5) is 0 Å². The van der Waals surface area contributed by atoms with E-state index in [-0.39, 0.29) is 0 Å². The molecule has 0 saturated heterocycles. The van der Waals surface area contributed by atoms with E-state index in [4.69, 9.17) is 10.5 Å². The fraction of sp³-hybridized carbons (Fsp3) is 1.00. The quantitative estimate of drug-likeness (QED) is 0.560. The number of nitrogens with two attached hydrogens (primary N) is 1. The molecule has 0 heterocycles. The molecule has 62 valence electrons. The summed E-state index contributed by atoms with van der Waals surface area (Å²) in [6.07, 6.45) is 0. The van der Waals surface area contributed by atoms with Gasteiger partial charge in [-0.25, -0.2) is 0 Å². The molecule has 0 aliphatic rings. The summed E-state index contributed by atoms with van der Waals surface area (Å²) in [6, 6.07) is 0. The number of methoxy groups -OCH3 is 1. The average molecular weight is 146 g/mol. The second-order valence-electron chi connectivity index (χ2n) is 2.78. The Bertz CT molecular complexity index is 78.0. The largest absolute Gasteiger partial charge is 0.384 e. The third-order valence-electron chi connectivity index (χ3n) is 1.39. The summed E-state index contributed by atoms with van der Waals surface area (Å²) in [4.78, 5) is 2.07. The smallest absolute Gasteiger partial charge is 0.0500 e. The van der Waals surface area contributed by atoms with Crippen LogP contribution in [0.15, 0.2) is 0 Å². The number of nitrogens with zero attached hydrogens (tertiary/aromatic N) is 1. The van der Waals surface area contributed by atoms with E-state index in [2.05, 4.69) is 11.8 Å². The molecule has 2 N–H and O–H groups in total. The van der Waals surface area contributed by atoms with Crippen LogP contribution >= 0.6 is 0 Å². The third-order valence-corrected chi connectivity index (χ3v) is 1.39. The van der Waals surface area contributed by atoms with Crippen LogP contribution in [-0.2, 0) is 4.74 Å². The maximum absolute atomic E-state index is 5.40. The Balaban J connectivity index is 3.27. The van der Waals surface area contributed by atoms with E-state index in [0.717, 1.165) is 13.2 Å². The Morgan fingerprint density at radius 1 is 1.60 bits per heavy atom. The van der Waals surface area contributed by atoms with Gasteiger partial charge in [-0.2, -0.15) is 0 Å². The first-order chi connectivity index (χ1) is 4.70.